The molecule has 0 unspecified atom stereocenters. The van der Waals surface area contributed by atoms with Crippen LogP contribution in [0, 0.1) is 13.8 Å². The summed E-state index contributed by atoms with van der Waals surface area (Å²) >= 11 is 3.42. The zero-order valence-electron chi connectivity index (χ0n) is 14.5. The Bertz CT molecular complexity index is 1030. The first-order valence-corrected chi connectivity index (χ1v) is 8.93. The van der Waals surface area contributed by atoms with Gasteiger partial charge in [-0.05, 0) is 55.3 Å². The molecule has 5 nitrogen and oxygen atoms in total. The van der Waals surface area contributed by atoms with E-state index in [2.05, 4.69) is 26.3 Å². The Morgan fingerprint density at radius 3 is 2.62 bits per heavy atom. The highest BCUT2D eigenvalue weighted by Gasteiger charge is 2.09. The number of hydrogen-bond acceptors (Lipinski definition) is 3. The van der Waals surface area contributed by atoms with E-state index < -0.39 is 0 Å². The molecule has 0 aliphatic carbocycles. The molecule has 3 aromatic rings. The Hall–Kier alpha value is -2.73. The average Bonchev–Trinajstić information content (AvgIpc) is 2.60. The molecule has 1 aromatic heterocycles. The molecule has 0 aliphatic rings. The lowest BCUT2D eigenvalue weighted by atomic mass is 10.1. The van der Waals surface area contributed by atoms with Crippen LogP contribution in [-0.4, -0.2) is 15.7 Å². The van der Waals surface area contributed by atoms with Gasteiger partial charge in [-0.2, -0.15) is 5.10 Å². The van der Waals surface area contributed by atoms with Gasteiger partial charge >= 0.3 is 0 Å². The third-order valence-electron chi connectivity index (χ3n) is 4.07. The fraction of sp³-hybridized carbons (Fsp3) is 0.150. The van der Waals surface area contributed by atoms with Crippen molar-refractivity contribution in [3.63, 3.8) is 0 Å². The minimum Gasteiger partial charge on any atom is -0.324 e. The maximum Gasteiger partial charge on any atom is 0.267 e. The number of carbonyl (C=O) groups excluding carboxylic acids is 1. The number of rotatable bonds is 4. The molecular weight excluding hydrogens is 394 g/mol. The van der Waals surface area contributed by atoms with Crippen LogP contribution in [0.5, 0.6) is 0 Å². The molecule has 2 aromatic carbocycles. The van der Waals surface area contributed by atoms with E-state index in [1.165, 1.54) is 10.7 Å². The smallest absolute Gasteiger partial charge is 0.267 e. The summed E-state index contributed by atoms with van der Waals surface area (Å²) in [4.78, 5) is 24.4. The second kappa shape index (κ2) is 7.66. The van der Waals surface area contributed by atoms with E-state index in [1.807, 2.05) is 56.3 Å². The van der Waals surface area contributed by atoms with Gasteiger partial charge in [0.15, 0.2) is 0 Å². The molecule has 3 rings (SSSR count). The number of nitrogens with zero attached hydrogens (tertiary/aromatic N) is 2. The lowest BCUT2D eigenvalue weighted by Gasteiger charge is -2.10. The Morgan fingerprint density at radius 2 is 1.88 bits per heavy atom. The van der Waals surface area contributed by atoms with E-state index in [0.29, 0.717) is 11.4 Å². The summed E-state index contributed by atoms with van der Waals surface area (Å²) in [7, 11) is 0. The standard InChI is InChI=1S/C20H18BrN3O2/c1-13-6-7-17(10-14(13)2)22-19(25)12-24-20(26)9-8-18(23-24)15-4-3-5-16(21)11-15/h3-11H,12H2,1-2H3,(H,22,25). The van der Waals surface area contributed by atoms with Gasteiger partial charge in [-0.15, -0.1) is 0 Å². The van der Waals surface area contributed by atoms with E-state index in [0.717, 1.165) is 21.2 Å². The van der Waals surface area contributed by atoms with E-state index in [9.17, 15) is 9.59 Å². The van der Waals surface area contributed by atoms with E-state index in [1.54, 1.807) is 6.07 Å². The molecule has 0 spiro atoms. The topological polar surface area (TPSA) is 64.0 Å². The average molecular weight is 412 g/mol. The summed E-state index contributed by atoms with van der Waals surface area (Å²) in [5.74, 6) is -0.297. The lowest BCUT2D eigenvalue weighted by molar-refractivity contribution is -0.117. The van der Waals surface area contributed by atoms with Crippen LogP contribution in [0.15, 0.2) is 63.9 Å². The summed E-state index contributed by atoms with van der Waals surface area (Å²) < 4.78 is 2.09. The molecule has 0 atom stereocenters. The molecule has 0 saturated heterocycles. The summed E-state index contributed by atoms with van der Waals surface area (Å²) in [5, 5.41) is 7.13. The first-order chi connectivity index (χ1) is 12.4. The van der Waals surface area contributed by atoms with Crippen LogP contribution in [0.25, 0.3) is 11.3 Å². The van der Waals surface area contributed by atoms with Crippen LogP contribution in [-0.2, 0) is 11.3 Å². The van der Waals surface area contributed by atoms with Gasteiger partial charge in [0, 0.05) is 21.8 Å². The van der Waals surface area contributed by atoms with Gasteiger partial charge < -0.3 is 5.32 Å². The number of nitrogens with one attached hydrogen (secondary N) is 1. The number of benzene rings is 2. The van der Waals surface area contributed by atoms with E-state index >= 15 is 0 Å². The van der Waals surface area contributed by atoms with Crippen LogP contribution < -0.4 is 10.9 Å². The predicted octanol–water partition coefficient (Wildman–Crippen LogP) is 3.93. The normalized spacial score (nSPS) is 10.6. The molecule has 0 radical (unpaired) electrons. The zero-order valence-corrected chi connectivity index (χ0v) is 16.1. The molecule has 0 bridgehead atoms. The van der Waals surface area contributed by atoms with Gasteiger partial charge in [0.2, 0.25) is 5.91 Å². The number of carbonyl (C=O) groups is 1. The fourth-order valence-corrected chi connectivity index (χ4v) is 2.92. The van der Waals surface area contributed by atoms with Crippen molar-refractivity contribution in [2.45, 2.75) is 20.4 Å². The van der Waals surface area contributed by atoms with Gasteiger partial charge in [-0.3, -0.25) is 9.59 Å². The van der Waals surface area contributed by atoms with Crippen molar-refractivity contribution in [2.24, 2.45) is 0 Å². The van der Waals surface area contributed by atoms with Gasteiger partial charge in [-0.25, -0.2) is 4.68 Å². The first-order valence-electron chi connectivity index (χ1n) is 8.13. The minimum atomic E-state index is -0.320. The minimum absolute atomic E-state index is 0.145. The Kier molecular flexibility index (Phi) is 5.32. The van der Waals surface area contributed by atoms with Crippen molar-refractivity contribution in [2.75, 3.05) is 5.32 Å². The summed E-state index contributed by atoms with van der Waals surface area (Å²) in [6, 6.07) is 16.4. The molecule has 1 N–H and O–H groups in total. The molecule has 132 valence electrons. The number of anilines is 1. The van der Waals surface area contributed by atoms with Crippen molar-refractivity contribution in [3.05, 3.63) is 80.6 Å². The van der Waals surface area contributed by atoms with Crippen LogP contribution in [0.4, 0.5) is 5.69 Å². The Balaban J connectivity index is 1.80. The van der Waals surface area contributed by atoms with Gasteiger partial charge in [0.1, 0.15) is 6.54 Å². The SMILES string of the molecule is Cc1ccc(NC(=O)Cn2nc(-c3cccc(Br)c3)ccc2=O)cc1C. The number of hydrogen-bond donors (Lipinski definition) is 1. The molecule has 0 aliphatic heterocycles. The summed E-state index contributed by atoms with van der Waals surface area (Å²) in [6.45, 7) is 3.85. The molecule has 26 heavy (non-hydrogen) atoms. The summed E-state index contributed by atoms with van der Waals surface area (Å²) in [5.41, 5.74) is 4.12. The van der Waals surface area contributed by atoms with E-state index in [-0.39, 0.29) is 18.0 Å². The molecule has 1 heterocycles. The largest absolute Gasteiger partial charge is 0.324 e. The third kappa shape index (κ3) is 4.26. The Labute approximate surface area is 159 Å². The maximum absolute atomic E-state index is 12.3. The lowest BCUT2D eigenvalue weighted by Crippen LogP contribution is -2.29. The summed E-state index contributed by atoms with van der Waals surface area (Å²) in [6.07, 6.45) is 0. The second-order valence-corrected chi connectivity index (χ2v) is 6.99. The fourth-order valence-electron chi connectivity index (χ4n) is 2.52. The number of amides is 1. The zero-order chi connectivity index (χ0) is 18.7. The molecule has 0 saturated carbocycles. The van der Waals surface area contributed by atoms with Crippen LogP contribution in [0.3, 0.4) is 0 Å². The highest BCUT2D eigenvalue weighted by atomic mass is 79.9. The Morgan fingerprint density at radius 1 is 1.08 bits per heavy atom. The molecule has 0 fully saturated rings. The van der Waals surface area contributed by atoms with Crippen molar-refractivity contribution < 1.29 is 4.79 Å². The van der Waals surface area contributed by atoms with Crippen LogP contribution in [0.2, 0.25) is 0 Å². The quantitative estimate of drug-likeness (QED) is 0.707. The van der Waals surface area contributed by atoms with Gasteiger partial charge in [-0.1, -0.05) is 34.1 Å². The maximum atomic E-state index is 12.3. The monoisotopic (exact) mass is 411 g/mol. The third-order valence-corrected chi connectivity index (χ3v) is 4.56. The van der Waals surface area contributed by atoms with Crippen molar-refractivity contribution >= 4 is 27.5 Å². The first kappa shape index (κ1) is 18.1. The second-order valence-electron chi connectivity index (χ2n) is 6.07. The number of halogens is 1. The van der Waals surface area contributed by atoms with Gasteiger partial charge in [0.05, 0.1) is 5.69 Å². The van der Waals surface area contributed by atoms with Crippen molar-refractivity contribution in [1.82, 2.24) is 9.78 Å². The van der Waals surface area contributed by atoms with E-state index in [4.69, 9.17) is 0 Å². The van der Waals surface area contributed by atoms with Crippen LogP contribution in [0.1, 0.15) is 11.1 Å². The van der Waals surface area contributed by atoms with Gasteiger partial charge in [0.25, 0.3) is 5.56 Å². The number of aromatic nitrogens is 2. The molecule has 1 amide bonds. The van der Waals surface area contributed by atoms with Crippen molar-refractivity contribution in [1.29, 1.82) is 0 Å². The highest BCUT2D eigenvalue weighted by molar-refractivity contribution is 9.10. The molecule has 6 heteroatoms. The van der Waals surface area contributed by atoms with Crippen molar-refractivity contribution in [3.8, 4) is 11.3 Å². The number of aryl methyl sites for hydroxylation is 2. The molecular formula is C20H18BrN3O2. The predicted molar refractivity (Wildman–Crippen MR) is 106 cm³/mol. The highest BCUT2D eigenvalue weighted by Crippen LogP contribution is 2.20. The van der Waals surface area contributed by atoms with Crippen LogP contribution >= 0.6 is 15.9 Å².